The second-order valence-corrected chi connectivity index (χ2v) is 5.98. The standard InChI is InChI=1S/C15H11Br2FO/c1-9-3-2-4-12(15(9)17)14(19)8-10-7-11(16)5-6-13(10)18/h2-7H,8H2,1H3. The number of carbonyl (C=O) groups excluding carboxylic acids is 1. The normalized spacial score (nSPS) is 10.5. The molecule has 0 amide bonds. The highest BCUT2D eigenvalue weighted by molar-refractivity contribution is 9.10. The number of Topliss-reactive ketones (excluding diaryl/α,β-unsaturated/α-hetero) is 1. The van der Waals surface area contributed by atoms with Crippen LogP contribution in [0.4, 0.5) is 4.39 Å². The van der Waals surface area contributed by atoms with Crippen molar-refractivity contribution < 1.29 is 9.18 Å². The highest BCUT2D eigenvalue weighted by Gasteiger charge is 2.14. The fourth-order valence-corrected chi connectivity index (χ4v) is 2.70. The highest BCUT2D eigenvalue weighted by atomic mass is 79.9. The molecule has 1 nitrogen and oxygen atoms in total. The first-order valence-electron chi connectivity index (χ1n) is 5.71. The summed E-state index contributed by atoms with van der Waals surface area (Å²) in [5.74, 6) is -0.465. The van der Waals surface area contributed by atoms with Crippen molar-refractivity contribution in [2.45, 2.75) is 13.3 Å². The molecule has 0 aliphatic carbocycles. The third-order valence-corrected chi connectivity index (χ3v) is 4.40. The van der Waals surface area contributed by atoms with Gasteiger partial charge in [-0.15, -0.1) is 0 Å². The maximum atomic E-state index is 13.6. The van der Waals surface area contributed by atoms with Gasteiger partial charge in [-0.05, 0) is 52.2 Å². The number of halogens is 3. The molecule has 2 rings (SSSR count). The van der Waals surface area contributed by atoms with Gasteiger partial charge in [0.2, 0.25) is 0 Å². The lowest BCUT2D eigenvalue weighted by Crippen LogP contribution is -2.06. The second-order valence-electron chi connectivity index (χ2n) is 4.27. The van der Waals surface area contributed by atoms with Crippen molar-refractivity contribution in [1.29, 1.82) is 0 Å². The zero-order valence-corrected chi connectivity index (χ0v) is 13.4. The third kappa shape index (κ3) is 3.31. The van der Waals surface area contributed by atoms with E-state index >= 15 is 0 Å². The summed E-state index contributed by atoms with van der Waals surface area (Å²) in [6, 6.07) is 10.1. The summed E-state index contributed by atoms with van der Waals surface area (Å²) in [5, 5.41) is 0. The van der Waals surface area contributed by atoms with Gasteiger partial charge in [0, 0.05) is 20.9 Å². The first-order valence-corrected chi connectivity index (χ1v) is 7.30. The lowest BCUT2D eigenvalue weighted by atomic mass is 10.0. The zero-order valence-electron chi connectivity index (χ0n) is 10.2. The summed E-state index contributed by atoms with van der Waals surface area (Å²) in [6.07, 6.45) is 0.0489. The number of hydrogen-bond acceptors (Lipinski definition) is 1. The van der Waals surface area contributed by atoms with E-state index in [9.17, 15) is 9.18 Å². The van der Waals surface area contributed by atoms with Crippen LogP contribution in [0.25, 0.3) is 0 Å². The molecule has 0 unspecified atom stereocenters. The van der Waals surface area contributed by atoms with Gasteiger partial charge in [0.25, 0.3) is 0 Å². The number of benzene rings is 2. The van der Waals surface area contributed by atoms with Crippen LogP contribution in [-0.4, -0.2) is 5.78 Å². The maximum absolute atomic E-state index is 13.6. The predicted octanol–water partition coefficient (Wildman–Crippen LogP) is 5.08. The van der Waals surface area contributed by atoms with Crippen LogP contribution in [0.15, 0.2) is 45.3 Å². The van der Waals surface area contributed by atoms with E-state index in [1.165, 1.54) is 6.07 Å². The van der Waals surface area contributed by atoms with Crippen molar-refractivity contribution in [2.24, 2.45) is 0 Å². The molecule has 0 fully saturated rings. The Morgan fingerprint density at radius 3 is 2.68 bits per heavy atom. The van der Waals surface area contributed by atoms with E-state index in [0.29, 0.717) is 11.1 Å². The zero-order chi connectivity index (χ0) is 14.0. The molecule has 0 radical (unpaired) electrons. The minimum atomic E-state index is -0.361. The maximum Gasteiger partial charge on any atom is 0.168 e. The molecule has 0 saturated carbocycles. The van der Waals surface area contributed by atoms with E-state index in [4.69, 9.17) is 0 Å². The van der Waals surface area contributed by atoms with Crippen molar-refractivity contribution in [1.82, 2.24) is 0 Å². The Morgan fingerprint density at radius 1 is 1.21 bits per heavy atom. The quantitative estimate of drug-likeness (QED) is 0.673. The smallest absolute Gasteiger partial charge is 0.168 e. The molecule has 0 heterocycles. The van der Waals surface area contributed by atoms with E-state index < -0.39 is 0 Å². The molecular formula is C15H11Br2FO. The molecule has 2 aromatic rings. The Morgan fingerprint density at radius 2 is 1.95 bits per heavy atom. The summed E-state index contributed by atoms with van der Waals surface area (Å²) in [6.45, 7) is 1.92. The minimum absolute atomic E-state index is 0.0489. The van der Waals surface area contributed by atoms with Gasteiger partial charge in [-0.1, -0.05) is 34.1 Å². The molecule has 4 heteroatoms. The van der Waals surface area contributed by atoms with Crippen molar-refractivity contribution in [2.75, 3.05) is 0 Å². The van der Waals surface area contributed by atoms with Crippen molar-refractivity contribution in [3.63, 3.8) is 0 Å². The fourth-order valence-electron chi connectivity index (χ4n) is 1.81. The van der Waals surface area contributed by atoms with Crippen LogP contribution in [0.2, 0.25) is 0 Å². The van der Waals surface area contributed by atoms with Gasteiger partial charge in [-0.3, -0.25) is 4.79 Å². The van der Waals surface area contributed by atoms with E-state index in [1.54, 1.807) is 18.2 Å². The van der Waals surface area contributed by atoms with Crippen LogP contribution in [0.1, 0.15) is 21.5 Å². The molecule has 98 valence electrons. The molecule has 0 spiro atoms. The van der Waals surface area contributed by atoms with Crippen molar-refractivity contribution >= 4 is 37.6 Å². The van der Waals surface area contributed by atoms with Crippen molar-refractivity contribution in [3.8, 4) is 0 Å². The number of ketones is 1. The number of carbonyl (C=O) groups is 1. The molecule has 19 heavy (non-hydrogen) atoms. The van der Waals surface area contributed by atoms with Gasteiger partial charge in [0.1, 0.15) is 5.82 Å². The predicted molar refractivity (Wildman–Crippen MR) is 81.0 cm³/mol. The second kappa shape index (κ2) is 5.97. The van der Waals surface area contributed by atoms with Gasteiger partial charge in [0.15, 0.2) is 5.78 Å². The Hall–Kier alpha value is -1.000. The van der Waals surface area contributed by atoms with Gasteiger partial charge < -0.3 is 0 Å². The summed E-state index contributed by atoms with van der Waals surface area (Å²) in [7, 11) is 0. The van der Waals surface area contributed by atoms with Crippen LogP contribution in [-0.2, 0) is 6.42 Å². The number of hydrogen-bond donors (Lipinski definition) is 0. The Bertz CT molecular complexity index is 638. The van der Waals surface area contributed by atoms with Crippen LogP contribution in [0, 0.1) is 12.7 Å². The first-order chi connectivity index (χ1) is 8.99. The molecule has 0 atom stereocenters. The lowest BCUT2D eigenvalue weighted by Gasteiger charge is -2.07. The van der Waals surface area contributed by atoms with E-state index in [0.717, 1.165) is 14.5 Å². The van der Waals surface area contributed by atoms with Crippen LogP contribution in [0.3, 0.4) is 0 Å². The van der Waals surface area contributed by atoms with Gasteiger partial charge >= 0.3 is 0 Å². The fraction of sp³-hybridized carbons (Fsp3) is 0.133. The molecule has 0 N–H and O–H groups in total. The molecule has 0 aliphatic rings. The average molecular weight is 386 g/mol. The molecule has 0 aliphatic heterocycles. The number of rotatable bonds is 3. The average Bonchev–Trinajstić information content (AvgIpc) is 2.37. The topological polar surface area (TPSA) is 17.1 Å². The summed E-state index contributed by atoms with van der Waals surface area (Å²) < 4.78 is 15.2. The summed E-state index contributed by atoms with van der Waals surface area (Å²) in [4.78, 5) is 12.2. The molecule has 0 bridgehead atoms. The van der Waals surface area contributed by atoms with E-state index in [-0.39, 0.29) is 18.0 Å². The first kappa shape index (κ1) is 14.4. The van der Waals surface area contributed by atoms with Crippen LogP contribution < -0.4 is 0 Å². The van der Waals surface area contributed by atoms with E-state index in [1.807, 2.05) is 19.1 Å². The van der Waals surface area contributed by atoms with Gasteiger partial charge in [0.05, 0.1) is 0 Å². The van der Waals surface area contributed by atoms with Gasteiger partial charge in [-0.25, -0.2) is 4.39 Å². The number of aryl methyl sites for hydroxylation is 1. The Kier molecular flexibility index (Phi) is 4.53. The molecular weight excluding hydrogens is 375 g/mol. The highest BCUT2D eigenvalue weighted by Crippen LogP contribution is 2.24. The Labute approximate surface area is 128 Å². The lowest BCUT2D eigenvalue weighted by molar-refractivity contribution is 0.0991. The third-order valence-electron chi connectivity index (χ3n) is 2.85. The Balaban J connectivity index is 2.31. The summed E-state index contributed by atoms with van der Waals surface area (Å²) in [5.41, 5.74) is 1.97. The van der Waals surface area contributed by atoms with Gasteiger partial charge in [-0.2, -0.15) is 0 Å². The molecule has 0 saturated heterocycles. The summed E-state index contributed by atoms with van der Waals surface area (Å²) >= 11 is 6.68. The minimum Gasteiger partial charge on any atom is -0.294 e. The molecule has 2 aromatic carbocycles. The van der Waals surface area contributed by atoms with Crippen LogP contribution >= 0.6 is 31.9 Å². The monoisotopic (exact) mass is 384 g/mol. The largest absolute Gasteiger partial charge is 0.294 e. The SMILES string of the molecule is Cc1cccc(C(=O)Cc2cc(Br)ccc2F)c1Br. The molecule has 0 aromatic heterocycles. The van der Waals surface area contributed by atoms with Crippen molar-refractivity contribution in [3.05, 3.63) is 67.9 Å². The van der Waals surface area contributed by atoms with Crippen LogP contribution in [0.5, 0.6) is 0 Å². The van der Waals surface area contributed by atoms with E-state index in [2.05, 4.69) is 31.9 Å².